The smallest absolute Gasteiger partial charge is 0.342 e. The van der Waals surface area contributed by atoms with Crippen LogP contribution in [0.1, 0.15) is 34.6 Å². The number of esters is 1. The average Bonchev–Trinajstić information content (AvgIpc) is 3.17. The molecule has 1 saturated heterocycles. The van der Waals surface area contributed by atoms with E-state index in [-0.39, 0.29) is 24.3 Å². The van der Waals surface area contributed by atoms with Gasteiger partial charge in [0.25, 0.3) is 5.91 Å². The van der Waals surface area contributed by atoms with Gasteiger partial charge in [0.15, 0.2) is 6.61 Å². The molecule has 8 nitrogen and oxygen atoms in total. The molecule has 2 aromatic carbocycles. The normalized spacial score (nSPS) is 14.0. The van der Waals surface area contributed by atoms with Crippen LogP contribution in [0.25, 0.3) is 5.69 Å². The zero-order chi connectivity index (χ0) is 24.1. The van der Waals surface area contributed by atoms with E-state index in [0.717, 1.165) is 11.4 Å². The molecule has 2 amide bonds. The average molecular weight is 461 g/mol. The maximum absolute atomic E-state index is 12.7. The first kappa shape index (κ1) is 23.2. The van der Waals surface area contributed by atoms with Crippen LogP contribution in [0.5, 0.6) is 0 Å². The van der Waals surface area contributed by atoms with Gasteiger partial charge in [0.05, 0.1) is 17.1 Å². The van der Waals surface area contributed by atoms with Crippen molar-refractivity contribution < 1.29 is 19.1 Å². The van der Waals surface area contributed by atoms with Crippen molar-refractivity contribution in [3.05, 3.63) is 77.6 Å². The second-order valence-corrected chi connectivity index (χ2v) is 8.38. The first-order chi connectivity index (χ1) is 16.4. The lowest BCUT2D eigenvalue weighted by Crippen LogP contribution is -2.43. The fourth-order valence-corrected chi connectivity index (χ4v) is 4.21. The molecule has 1 aromatic heterocycles. The van der Waals surface area contributed by atoms with Gasteiger partial charge in [0.2, 0.25) is 5.91 Å². The second kappa shape index (κ2) is 10.3. The maximum Gasteiger partial charge on any atom is 0.342 e. The van der Waals surface area contributed by atoms with Crippen molar-refractivity contribution in [2.75, 3.05) is 25.0 Å². The van der Waals surface area contributed by atoms with Crippen molar-refractivity contribution in [2.24, 2.45) is 5.92 Å². The lowest BCUT2D eigenvalue weighted by atomic mass is 9.95. The van der Waals surface area contributed by atoms with Gasteiger partial charge in [-0.2, -0.15) is 5.10 Å². The number of carbonyl (C=O) groups excluding carboxylic acids is 3. The van der Waals surface area contributed by atoms with E-state index >= 15 is 0 Å². The quantitative estimate of drug-likeness (QED) is 0.568. The van der Waals surface area contributed by atoms with Crippen LogP contribution in [0.15, 0.2) is 60.7 Å². The zero-order valence-corrected chi connectivity index (χ0v) is 19.4. The number of rotatable bonds is 6. The number of amides is 2. The minimum atomic E-state index is -0.567. The van der Waals surface area contributed by atoms with Gasteiger partial charge >= 0.3 is 5.97 Å². The molecule has 0 atom stereocenters. The molecule has 1 N–H and O–H groups in total. The Kier molecular flexibility index (Phi) is 7.06. The molecule has 4 rings (SSSR count). The summed E-state index contributed by atoms with van der Waals surface area (Å²) in [5.41, 5.74) is 3.18. The predicted molar refractivity (Wildman–Crippen MR) is 128 cm³/mol. The zero-order valence-electron chi connectivity index (χ0n) is 19.4. The van der Waals surface area contributed by atoms with Gasteiger partial charge in [-0.05, 0) is 51.0 Å². The fraction of sp³-hybridized carbons (Fsp3) is 0.308. The van der Waals surface area contributed by atoms with Crippen LogP contribution in [-0.2, 0) is 14.3 Å². The fourth-order valence-electron chi connectivity index (χ4n) is 4.21. The largest absolute Gasteiger partial charge is 0.452 e. The number of likely N-dealkylation sites (tertiary alicyclic amines) is 1. The number of aryl methyl sites for hydroxylation is 1. The lowest BCUT2D eigenvalue weighted by molar-refractivity contribution is -0.137. The van der Waals surface area contributed by atoms with Crippen LogP contribution in [0.4, 0.5) is 5.69 Å². The number of nitrogens with one attached hydrogen (secondary N) is 1. The van der Waals surface area contributed by atoms with Gasteiger partial charge < -0.3 is 15.0 Å². The van der Waals surface area contributed by atoms with Crippen molar-refractivity contribution in [2.45, 2.75) is 26.7 Å². The van der Waals surface area contributed by atoms with E-state index in [1.165, 1.54) is 0 Å². The Balaban J connectivity index is 1.29. The number of piperidine rings is 1. The standard InChI is InChI=1S/C26H28N4O4/c1-18-24(19(2)30(28-18)22-11-7-4-8-12-22)26(33)34-17-23(31)29-15-13-20(14-16-29)25(32)27-21-9-5-3-6-10-21/h3-12,20H,13-17H2,1-2H3,(H,27,32). The van der Waals surface area contributed by atoms with E-state index in [4.69, 9.17) is 4.74 Å². The molecule has 1 aliphatic heterocycles. The predicted octanol–water partition coefficient (Wildman–Crippen LogP) is 3.52. The summed E-state index contributed by atoms with van der Waals surface area (Å²) in [5, 5.41) is 7.37. The van der Waals surface area contributed by atoms with Crippen LogP contribution in [0.3, 0.4) is 0 Å². The molecule has 0 unspecified atom stereocenters. The van der Waals surface area contributed by atoms with Crippen LogP contribution in [-0.4, -0.2) is 52.2 Å². The van der Waals surface area contributed by atoms with Crippen LogP contribution in [0, 0.1) is 19.8 Å². The van der Waals surface area contributed by atoms with E-state index in [9.17, 15) is 14.4 Å². The van der Waals surface area contributed by atoms with E-state index in [1.807, 2.05) is 60.7 Å². The molecular formula is C26H28N4O4. The van der Waals surface area contributed by atoms with E-state index in [0.29, 0.717) is 42.9 Å². The minimum Gasteiger partial charge on any atom is -0.452 e. The highest BCUT2D eigenvalue weighted by molar-refractivity contribution is 5.94. The molecule has 3 aromatic rings. The SMILES string of the molecule is Cc1nn(-c2ccccc2)c(C)c1C(=O)OCC(=O)N1CCC(C(=O)Nc2ccccc2)CC1. The Hall–Kier alpha value is -3.94. The molecule has 2 heterocycles. The highest BCUT2D eigenvalue weighted by atomic mass is 16.5. The van der Waals surface area contributed by atoms with E-state index in [2.05, 4.69) is 10.4 Å². The lowest BCUT2D eigenvalue weighted by Gasteiger charge is -2.31. The molecule has 0 radical (unpaired) electrons. The molecule has 1 aliphatic rings. The number of para-hydroxylation sites is 2. The number of hydrogen-bond donors (Lipinski definition) is 1. The summed E-state index contributed by atoms with van der Waals surface area (Å²) in [4.78, 5) is 39.5. The summed E-state index contributed by atoms with van der Waals surface area (Å²) in [6, 6.07) is 18.8. The topological polar surface area (TPSA) is 93.5 Å². The third-order valence-corrected chi connectivity index (χ3v) is 6.08. The number of carbonyl (C=O) groups is 3. The summed E-state index contributed by atoms with van der Waals surface area (Å²) in [6.45, 7) is 4.11. The number of benzene rings is 2. The molecule has 34 heavy (non-hydrogen) atoms. The number of aromatic nitrogens is 2. The minimum absolute atomic E-state index is 0.0360. The van der Waals surface area contributed by atoms with Crippen molar-refractivity contribution in [3.8, 4) is 5.69 Å². The van der Waals surface area contributed by atoms with Crippen molar-refractivity contribution in [3.63, 3.8) is 0 Å². The van der Waals surface area contributed by atoms with Crippen LogP contribution < -0.4 is 5.32 Å². The maximum atomic E-state index is 12.7. The number of ether oxygens (including phenoxy) is 1. The third-order valence-electron chi connectivity index (χ3n) is 6.08. The van der Waals surface area contributed by atoms with E-state index < -0.39 is 5.97 Å². The third kappa shape index (κ3) is 5.17. The summed E-state index contributed by atoms with van der Waals surface area (Å²) < 4.78 is 7.04. The van der Waals surface area contributed by atoms with E-state index in [1.54, 1.807) is 23.4 Å². The highest BCUT2D eigenvalue weighted by Gasteiger charge is 2.28. The van der Waals surface area contributed by atoms with Gasteiger partial charge in [0.1, 0.15) is 5.56 Å². The Bertz CT molecular complexity index is 1170. The summed E-state index contributed by atoms with van der Waals surface area (Å²) in [7, 11) is 0. The Morgan fingerprint density at radius 1 is 0.971 bits per heavy atom. The molecule has 8 heteroatoms. The molecule has 1 fully saturated rings. The van der Waals surface area contributed by atoms with Gasteiger partial charge in [-0.15, -0.1) is 0 Å². The first-order valence-corrected chi connectivity index (χ1v) is 11.4. The van der Waals surface area contributed by atoms with Gasteiger partial charge in [-0.25, -0.2) is 9.48 Å². The first-order valence-electron chi connectivity index (χ1n) is 11.4. The molecule has 0 saturated carbocycles. The molecular weight excluding hydrogens is 432 g/mol. The van der Waals surface area contributed by atoms with Gasteiger partial charge in [-0.1, -0.05) is 36.4 Å². The van der Waals surface area contributed by atoms with Crippen LogP contribution in [0.2, 0.25) is 0 Å². The summed E-state index contributed by atoms with van der Waals surface area (Å²) >= 11 is 0. The number of hydrogen-bond acceptors (Lipinski definition) is 5. The number of nitrogens with zero attached hydrogens (tertiary/aromatic N) is 3. The van der Waals surface area contributed by atoms with Crippen molar-refractivity contribution in [1.29, 1.82) is 0 Å². The Morgan fingerprint density at radius 2 is 1.59 bits per heavy atom. The monoisotopic (exact) mass is 460 g/mol. The summed E-state index contributed by atoms with van der Waals surface area (Å²) in [5.74, 6) is -1.02. The second-order valence-electron chi connectivity index (χ2n) is 8.38. The number of anilines is 1. The summed E-state index contributed by atoms with van der Waals surface area (Å²) in [6.07, 6.45) is 1.14. The molecule has 176 valence electrons. The van der Waals surface area contributed by atoms with Crippen LogP contribution >= 0.6 is 0 Å². The van der Waals surface area contributed by atoms with Gasteiger partial charge in [0, 0.05) is 24.7 Å². The molecule has 0 aliphatic carbocycles. The van der Waals surface area contributed by atoms with Gasteiger partial charge in [-0.3, -0.25) is 9.59 Å². The Labute approximate surface area is 198 Å². The van der Waals surface area contributed by atoms with Crippen molar-refractivity contribution >= 4 is 23.5 Å². The molecule has 0 bridgehead atoms. The molecule has 0 spiro atoms. The van der Waals surface area contributed by atoms with Crippen molar-refractivity contribution in [1.82, 2.24) is 14.7 Å². The Morgan fingerprint density at radius 3 is 2.24 bits per heavy atom. The highest BCUT2D eigenvalue weighted by Crippen LogP contribution is 2.21.